The topological polar surface area (TPSA) is 58.6 Å². The van der Waals surface area contributed by atoms with E-state index in [9.17, 15) is 26.0 Å². The van der Waals surface area contributed by atoms with Gasteiger partial charge in [-0.15, -0.1) is 0 Å². The lowest BCUT2D eigenvalue weighted by Crippen LogP contribution is -2.34. The number of ether oxygens (including phenoxy) is 1. The Bertz CT molecular complexity index is 1050. The van der Waals surface area contributed by atoms with Crippen LogP contribution in [-0.2, 0) is 29.0 Å². The predicted molar refractivity (Wildman–Crippen MR) is 105 cm³/mol. The summed E-state index contributed by atoms with van der Waals surface area (Å²) >= 11 is 0. The van der Waals surface area contributed by atoms with Crippen LogP contribution in [-0.4, -0.2) is 40.6 Å². The normalized spacial score (nSPS) is 17.0. The molecule has 0 radical (unpaired) electrons. The molecule has 0 fully saturated rings. The fraction of sp³-hybridized carbons (Fsp3) is 0.400. The Hall–Kier alpha value is -2.33. The fourth-order valence-corrected chi connectivity index (χ4v) is 4.77. The fourth-order valence-electron chi connectivity index (χ4n) is 3.65. The zero-order valence-electron chi connectivity index (χ0n) is 16.7. The van der Waals surface area contributed by atoms with Gasteiger partial charge in [-0.3, -0.25) is 4.72 Å². The first-order valence-electron chi connectivity index (χ1n) is 9.18. The standard InChI is InChI=1S/C20H22F4N2O3S/c1-26(2)12-4-6-14-15(10-12)19(29-3)9-8-18(14)25-30(27,28)13-5-7-17(21)16(11-13)20(22,23)24/h5,7-9,11-12,25H,4,6,10H2,1-3H3. The number of hydrogen-bond donors (Lipinski definition) is 1. The van der Waals surface area contributed by atoms with E-state index in [0.29, 0.717) is 30.7 Å². The molecule has 0 saturated heterocycles. The van der Waals surface area contributed by atoms with E-state index in [0.717, 1.165) is 23.6 Å². The number of alkyl halides is 3. The number of nitrogens with one attached hydrogen (secondary N) is 1. The molecular formula is C20H22F4N2O3S. The van der Waals surface area contributed by atoms with E-state index in [-0.39, 0.29) is 11.7 Å². The summed E-state index contributed by atoms with van der Waals surface area (Å²) in [6.07, 6.45) is -2.99. The quantitative estimate of drug-likeness (QED) is 0.704. The number of halogens is 4. The van der Waals surface area contributed by atoms with Crippen LogP contribution < -0.4 is 9.46 Å². The van der Waals surface area contributed by atoms with E-state index in [1.807, 2.05) is 14.1 Å². The Morgan fingerprint density at radius 2 is 1.83 bits per heavy atom. The molecule has 5 nitrogen and oxygen atoms in total. The van der Waals surface area contributed by atoms with Crippen molar-refractivity contribution < 1.29 is 30.7 Å². The Morgan fingerprint density at radius 3 is 2.43 bits per heavy atom. The second-order valence-electron chi connectivity index (χ2n) is 7.38. The number of likely N-dealkylation sites (N-methyl/N-ethyl adjacent to an activating group) is 1. The number of sulfonamides is 1. The number of rotatable bonds is 5. The van der Waals surface area contributed by atoms with Crippen LogP contribution in [0.15, 0.2) is 35.2 Å². The first-order valence-corrected chi connectivity index (χ1v) is 10.7. The summed E-state index contributed by atoms with van der Waals surface area (Å²) in [7, 11) is 1.08. The third kappa shape index (κ3) is 4.39. The highest BCUT2D eigenvalue weighted by atomic mass is 32.2. The molecule has 1 aliphatic rings. The van der Waals surface area contributed by atoms with Crippen LogP contribution in [0, 0.1) is 5.82 Å². The van der Waals surface area contributed by atoms with Crippen molar-refractivity contribution in [1.29, 1.82) is 0 Å². The molecule has 1 N–H and O–H groups in total. The lowest BCUT2D eigenvalue weighted by molar-refractivity contribution is -0.140. The van der Waals surface area contributed by atoms with Crippen molar-refractivity contribution in [3.8, 4) is 5.75 Å². The third-order valence-electron chi connectivity index (χ3n) is 5.30. The Labute approximate surface area is 172 Å². The van der Waals surface area contributed by atoms with Crippen LogP contribution >= 0.6 is 0 Å². The summed E-state index contributed by atoms with van der Waals surface area (Å²) in [6, 6.07) is 5.02. The van der Waals surface area contributed by atoms with Gasteiger partial charge in [-0.1, -0.05) is 0 Å². The maximum absolute atomic E-state index is 13.5. The molecule has 0 aromatic heterocycles. The van der Waals surface area contributed by atoms with Crippen molar-refractivity contribution >= 4 is 15.7 Å². The van der Waals surface area contributed by atoms with E-state index in [2.05, 4.69) is 9.62 Å². The molecule has 1 atom stereocenters. The van der Waals surface area contributed by atoms with Gasteiger partial charge in [0.2, 0.25) is 0 Å². The second kappa shape index (κ2) is 8.07. The summed E-state index contributed by atoms with van der Waals surface area (Å²) in [5.41, 5.74) is 0.253. The zero-order chi connectivity index (χ0) is 22.3. The predicted octanol–water partition coefficient (Wildman–Crippen LogP) is 4.07. The lowest BCUT2D eigenvalue weighted by Gasteiger charge is -2.32. The molecule has 30 heavy (non-hydrogen) atoms. The van der Waals surface area contributed by atoms with Gasteiger partial charge in [0.05, 0.1) is 23.3 Å². The largest absolute Gasteiger partial charge is 0.496 e. The van der Waals surface area contributed by atoms with Gasteiger partial charge < -0.3 is 9.64 Å². The van der Waals surface area contributed by atoms with Crippen molar-refractivity contribution in [3.05, 3.63) is 52.8 Å². The van der Waals surface area contributed by atoms with Crippen molar-refractivity contribution in [1.82, 2.24) is 4.90 Å². The van der Waals surface area contributed by atoms with Gasteiger partial charge in [0, 0.05) is 11.6 Å². The molecule has 0 bridgehead atoms. The number of benzene rings is 2. The van der Waals surface area contributed by atoms with Crippen molar-refractivity contribution in [2.75, 3.05) is 25.9 Å². The highest BCUT2D eigenvalue weighted by Gasteiger charge is 2.35. The molecule has 1 aliphatic carbocycles. The van der Waals surface area contributed by atoms with Crippen LogP contribution in [0.4, 0.5) is 23.2 Å². The van der Waals surface area contributed by atoms with E-state index >= 15 is 0 Å². The number of hydrogen-bond acceptors (Lipinski definition) is 4. The smallest absolute Gasteiger partial charge is 0.419 e. The van der Waals surface area contributed by atoms with Crippen LogP contribution in [0.1, 0.15) is 23.1 Å². The Kier molecular flexibility index (Phi) is 6.01. The molecule has 164 valence electrons. The van der Waals surface area contributed by atoms with E-state index < -0.39 is 32.5 Å². The molecular weight excluding hydrogens is 424 g/mol. The lowest BCUT2D eigenvalue weighted by atomic mass is 9.86. The summed E-state index contributed by atoms with van der Waals surface area (Å²) in [5.74, 6) is -0.904. The Balaban J connectivity index is 2.00. The van der Waals surface area contributed by atoms with Crippen LogP contribution in [0.3, 0.4) is 0 Å². The van der Waals surface area contributed by atoms with Gasteiger partial charge in [-0.2, -0.15) is 13.2 Å². The second-order valence-corrected chi connectivity index (χ2v) is 9.06. The summed E-state index contributed by atoms with van der Waals surface area (Å²) in [5, 5.41) is 0. The van der Waals surface area contributed by atoms with Crippen molar-refractivity contribution in [2.45, 2.75) is 36.4 Å². The summed E-state index contributed by atoms with van der Waals surface area (Å²) in [6.45, 7) is 0. The van der Waals surface area contributed by atoms with E-state index in [1.165, 1.54) is 13.2 Å². The molecule has 2 aromatic carbocycles. The van der Waals surface area contributed by atoms with Gasteiger partial charge in [0.25, 0.3) is 10.0 Å². The van der Waals surface area contributed by atoms with Crippen LogP contribution in [0.5, 0.6) is 5.75 Å². The number of methoxy groups -OCH3 is 1. The van der Waals surface area contributed by atoms with E-state index in [1.54, 1.807) is 6.07 Å². The van der Waals surface area contributed by atoms with Gasteiger partial charge >= 0.3 is 6.18 Å². The van der Waals surface area contributed by atoms with Crippen LogP contribution in [0.25, 0.3) is 0 Å². The zero-order valence-corrected chi connectivity index (χ0v) is 17.5. The molecule has 0 heterocycles. The first kappa shape index (κ1) is 22.4. The van der Waals surface area contributed by atoms with Gasteiger partial charge in [0.1, 0.15) is 11.6 Å². The average Bonchev–Trinajstić information content (AvgIpc) is 2.66. The van der Waals surface area contributed by atoms with Gasteiger partial charge in [-0.25, -0.2) is 12.8 Å². The molecule has 1 unspecified atom stereocenters. The minimum Gasteiger partial charge on any atom is -0.496 e. The molecule has 0 saturated carbocycles. The minimum atomic E-state index is -5.00. The van der Waals surface area contributed by atoms with Crippen molar-refractivity contribution in [3.63, 3.8) is 0 Å². The molecule has 2 aromatic rings. The van der Waals surface area contributed by atoms with E-state index in [4.69, 9.17) is 4.74 Å². The average molecular weight is 446 g/mol. The monoisotopic (exact) mass is 446 g/mol. The summed E-state index contributed by atoms with van der Waals surface area (Å²) in [4.78, 5) is 1.42. The maximum atomic E-state index is 13.5. The van der Waals surface area contributed by atoms with Crippen molar-refractivity contribution in [2.24, 2.45) is 0 Å². The Morgan fingerprint density at radius 1 is 1.13 bits per heavy atom. The first-order chi connectivity index (χ1) is 13.9. The van der Waals surface area contributed by atoms with Crippen LogP contribution in [0.2, 0.25) is 0 Å². The molecule has 10 heteroatoms. The molecule has 0 amide bonds. The molecule has 0 spiro atoms. The number of anilines is 1. The summed E-state index contributed by atoms with van der Waals surface area (Å²) < 4.78 is 85.8. The van der Waals surface area contributed by atoms with Gasteiger partial charge in [-0.05, 0) is 69.3 Å². The highest BCUT2D eigenvalue weighted by molar-refractivity contribution is 7.92. The molecule has 3 rings (SSSR count). The number of nitrogens with zero attached hydrogens (tertiary/aromatic N) is 1. The third-order valence-corrected chi connectivity index (χ3v) is 6.67. The molecule has 0 aliphatic heterocycles. The van der Waals surface area contributed by atoms with Gasteiger partial charge in [0.15, 0.2) is 0 Å². The number of fused-ring (bicyclic) bond motifs is 1. The minimum absolute atomic E-state index is 0.254. The highest BCUT2D eigenvalue weighted by Crippen LogP contribution is 2.37. The SMILES string of the molecule is COc1ccc(NS(=O)(=O)c2ccc(F)c(C(F)(F)F)c2)c2c1CC(N(C)C)CC2. The maximum Gasteiger partial charge on any atom is 0.419 e.